The Morgan fingerprint density at radius 1 is 1.15 bits per heavy atom. The first-order valence-corrected chi connectivity index (χ1v) is 11.5. The van der Waals surface area contributed by atoms with Gasteiger partial charge in [0, 0.05) is 18.8 Å². The number of amides is 1. The van der Waals surface area contributed by atoms with Gasteiger partial charge < -0.3 is 28.7 Å². The van der Waals surface area contributed by atoms with E-state index in [1.54, 1.807) is 27.2 Å². The molecule has 0 N–H and O–H groups in total. The third-order valence-corrected chi connectivity index (χ3v) is 6.71. The molecule has 1 unspecified atom stereocenters. The molecule has 1 fully saturated rings. The van der Waals surface area contributed by atoms with Crippen molar-refractivity contribution in [2.45, 2.75) is 19.4 Å². The van der Waals surface area contributed by atoms with E-state index in [2.05, 4.69) is 4.99 Å². The van der Waals surface area contributed by atoms with Crippen LogP contribution in [0.15, 0.2) is 45.6 Å². The molecule has 1 saturated heterocycles. The smallest absolute Gasteiger partial charge is 0.338 e. The van der Waals surface area contributed by atoms with Gasteiger partial charge in [-0.15, -0.1) is 0 Å². The number of benzene rings is 1. The quantitative estimate of drug-likeness (QED) is 0.583. The molecule has 9 nitrogen and oxygen atoms in total. The van der Waals surface area contributed by atoms with Crippen molar-refractivity contribution >= 4 is 28.8 Å². The number of morpholine rings is 1. The number of nitrogens with zero attached hydrogens (tertiary/aromatic N) is 3. The van der Waals surface area contributed by atoms with Crippen LogP contribution in [0.2, 0.25) is 0 Å². The van der Waals surface area contributed by atoms with Crippen LogP contribution in [-0.2, 0) is 19.1 Å². The highest BCUT2D eigenvalue weighted by molar-refractivity contribution is 8.16. The average Bonchev–Trinajstić information content (AvgIpc) is 3.24. The lowest BCUT2D eigenvalue weighted by molar-refractivity contribution is -0.136. The Balaban J connectivity index is 1.73. The number of allylic oxidation sites excluding steroid dienone is 1. The lowest BCUT2D eigenvalue weighted by Gasteiger charge is -2.37. The highest BCUT2D eigenvalue weighted by Gasteiger charge is 2.41. The van der Waals surface area contributed by atoms with Crippen molar-refractivity contribution in [3.05, 3.63) is 46.1 Å². The normalized spacial score (nSPS) is 20.2. The molecule has 0 aromatic heterocycles. The number of fused-ring (bicyclic) bond motifs is 1. The van der Waals surface area contributed by atoms with Crippen LogP contribution in [0.25, 0.3) is 0 Å². The second-order valence-corrected chi connectivity index (χ2v) is 8.51. The van der Waals surface area contributed by atoms with E-state index in [0.29, 0.717) is 54.2 Å². The van der Waals surface area contributed by atoms with Gasteiger partial charge in [0.1, 0.15) is 0 Å². The third-order valence-electron chi connectivity index (χ3n) is 5.83. The van der Waals surface area contributed by atoms with Gasteiger partial charge in [-0.1, -0.05) is 17.8 Å². The molecule has 0 radical (unpaired) electrons. The predicted molar refractivity (Wildman–Crippen MR) is 124 cm³/mol. The van der Waals surface area contributed by atoms with Gasteiger partial charge in [0.15, 0.2) is 16.7 Å². The summed E-state index contributed by atoms with van der Waals surface area (Å²) < 4.78 is 21.4. The Kier molecular flexibility index (Phi) is 6.94. The Bertz CT molecular complexity index is 1040. The van der Waals surface area contributed by atoms with E-state index in [4.69, 9.17) is 18.9 Å². The summed E-state index contributed by atoms with van der Waals surface area (Å²) in [6.45, 7) is 4.02. The Morgan fingerprint density at radius 3 is 2.55 bits per heavy atom. The van der Waals surface area contributed by atoms with Crippen LogP contribution in [0.3, 0.4) is 0 Å². The van der Waals surface area contributed by atoms with Crippen molar-refractivity contribution in [1.29, 1.82) is 0 Å². The maximum Gasteiger partial charge on any atom is 0.338 e. The van der Waals surface area contributed by atoms with Crippen LogP contribution < -0.4 is 9.47 Å². The van der Waals surface area contributed by atoms with Crippen molar-refractivity contribution in [1.82, 2.24) is 9.80 Å². The third kappa shape index (κ3) is 4.45. The first-order valence-electron chi connectivity index (χ1n) is 10.6. The molecular formula is C23H27N3O6S. The highest BCUT2D eigenvalue weighted by Crippen LogP contribution is 2.46. The molecule has 3 aliphatic heterocycles. The number of carbonyl (C=O) groups is 2. The number of ether oxygens (including phenoxy) is 4. The van der Waals surface area contributed by atoms with E-state index < -0.39 is 12.0 Å². The second-order valence-electron chi connectivity index (χ2n) is 7.67. The van der Waals surface area contributed by atoms with E-state index in [9.17, 15) is 9.59 Å². The standard InChI is InChI=1S/C23H27N3O6S/c1-14-20(22(28)31-4)21(15-5-6-17(29-2)18(11-15)30-3)26-16(13-33-23(26)24-14)12-19(27)25-7-9-32-10-8-25/h5-6,11,13,21H,7-10,12H2,1-4H3. The summed E-state index contributed by atoms with van der Waals surface area (Å²) in [4.78, 5) is 34.3. The van der Waals surface area contributed by atoms with Crippen molar-refractivity contribution in [3.63, 3.8) is 0 Å². The number of rotatable bonds is 6. The monoisotopic (exact) mass is 473 g/mol. The summed E-state index contributed by atoms with van der Waals surface area (Å²) in [7, 11) is 4.49. The topological polar surface area (TPSA) is 89.9 Å². The maximum atomic E-state index is 13.0. The lowest BCUT2D eigenvalue weighted by atomic mass is 9.93. The number of thioether (sulfide) groups is 1. The minimum absolute atomic E-state index is 0.0170. The molecule has 33 heavy (non-hydrogen) atoms. The zero-order valence-electron chi connectivity index (χ0n) is 19.1. The van der Waals surface area contributed by atoms with Crippen LogP contribution >= 0.6 is 11.8 Å². The van der Waals surface area contributed by atoms with Crippen LogP contribution in [0.4, 0.5) is 0 Å². The predicted octanol–water partition coefficient (Wildman–Crippen LogP) is 2.70. The molecule has 1 amide bonds. The van der Waals surface area contributed by atoms with E-state index >= 15 is 0 Å². The zero-order valence-corrected chi connectivity index (χ0v) is 19.9. The molecule has 0 saturated carbocycles. The molecule has 176 valence electrons. The number of esters is 1. The van der Waals surface area contributed by atoms with Crippen LogP contribution in [0.1, 0.15) is 24.9 Å². The van der Waals surface area contributed by atoms with Crippen molar-refractivity contribution < 1.29 is 28.5 Å². The second kappa shape index (κ2) is 9.88. The summed E-state index contributed by atoms with van der Waals surface area (Å²) in [6.07, 6.45) is 0.198. The molecule has 1 aromatic carbocycles. The van der Waals surface area contributed by atoms with Crippen molar-refractivity contribution in [3.8, 4) is 11.5 Å². The molecule has 3 heterocycles. The minimum Gasteiger partial charge on any atom is -0.493 e. The summed E-state index contributed by atoms with van der Waals surface area (Å²) in [6, 6.07) is 5.00. The largest absolute Gasteiger partial charge is 0.493 e. The Hall–Kier alpha value is -2.98. The van der Waals surface area contributed by atoms with Crippen molar-refractivity contribution in [2.24, 2.45) is 4.99 Å². The first kappa shape index (κ1) is 23.2. The maximum absolute atomic E-state index is 13.0. The number of methoxy groups -OCH3 is 3. The molecule has 1 aromatic rings. The van der Waals surface area contributed by atoms with Crippen LogP contribution in [-0.4, -0.2) is 74.5 Å². The van der Waals surface area contributed by atoms with E-state index in [1.165, 1.54) is 18.9 Å². The highest BCUT2D eigenvalue weighted by atomic mass is 32.2. The SMILES string of the molecule is COC(=O)C1=C(C)N=C2SC=C(CC(=O)N3CCOCC3)N2C1c1ccc(OC)c(OC)c1. The molecule has 3 aliphatic rings. The fourth-order valence-electron chi connectivity index (χ4n) is 4.16. The molecule has 4 rings (SSSR count). The molecule has 0 bridgehead atoms. The van der Waals surface area contributed by atoms with E-state index in [-0.39, 0.29) is 12.3 Å². The minimum atomic E-state index is -0.525. The van der Waals surface area contributed by atoms with Gasteiger partial charge in [0.05, 0.1) is 58.3 Å². The fourth-order valence-corrected chi connectivity index (χ4v) is 5.12. The van der Waals surface area contributed by atoms with Gasteiger partial charge in [-0.25, -0.2) is 9.79 Å². The van der Waals surface area contributed by atoms with Gasteiger partial charge in [-0.2, -0.15) is 0 Å². The van der Waals surface area contributed by atoms with E-state index in [1.807, 2.05) is 27.3 Å². The molecule has 10 heteroatoms. The number of aliphatic imine (C=N–C) groups is 1. The Labute approximate surface area is 197 Å². The summed E-state index contributed by atoms with van der Waals surface area (Å²) in [5.74, 6) is 0.678. The average molecular weight is 474 g/mol. The first-order chi connectivity index (χ1) is 16.0. The summed E-state index contributed by atoms with van der Waals surface area (Å²) >= 11 is 1.44. The zero-order chi connectivity index (χ0) is 23.5. The number of hydrogen-bond acceptors (Lipinski definition) is 9. The summed E-state index contributed by atoms with van der Waals surface area (Å²) in [5, 5.41) is 2.64. The van der Waals surface area contributed by atoms with Crippen LogP contribution in [0, 0.1) is 0 Å². The van der Waals surface area contributed by atoms with Gasteiger partial charge in [0.25, 0.3) is 0 Å². The molecule has 0 spiro atoms. The van der Waals surface area contributed by atoms with Crippen LogP contribution in [0.5, 0.6) is 11.5 Å². The number of carbonyl (C=O) groups excluding carboxylic acids is 2. The van der Waals surface area contributed by atoms with Gasteiger partial charge in [-0.05, 0) is 30.0 Å². The molecular weight excluding hydrogens is 446 g/mol. The fraction of sp³-hybridized carbons (Fsp3) is 0.435. The Morgan fingerprint density at radius 2 is 1.88 bits per heavy atom. The van der Waals surface area contributed by atoms with Crippen molar-refractivity contribution in [2.75, 3.05) is 47.6 Å². The number of hydrogen-bond donors (Lipinski definition) is 0. The van der Waals surface area contributed by atoms with Gasteiger partial charge in [0.2, 0.25) is 5.91 Å². The molecule has 1 atom stereocenters. The molecule has 0 aliphatic carbocycles. The number of amidine groups is 1. The lowest BCUT2D eigenvalue weighted by Crippen LogP contribution is -2.42. The van der Waals surface area contributed by atoms with Gasteiger partial charge >= 0.3 is 5.97 Å². The van der Waals surface area contributed by atoms with E-state index in [0.717, 1.165) is 11.3 Å². The van der Waals surface area contributed by atoms with Gasteiger partial charge in [-0.3, -0.25) is 4.79 Å². The summed E-state index contributed by atoms with van der Waals surface area (Å²) in [5.41, 5.74) is 2.58.